The number of nitrogens with zero attached hydrogens (tertiary/aromatic N) is 1. The summed E-state index contributed by atoms with van der Waals surface area (Å²) >= 11 is 1.46. The lowest BCUT2D eigenvalue weighted by atomic mass is 10.0. The first kappa shape index (κ1) is 21.3. The van der Waals surface area contributed by atoms with Crippen molar-refractivity contribution in [2.24, 2.45) is 0 Å². The van der Waals surface area contributed by atoms with Crippen LogP contribution in [0.2, 0.25) is 0 Å². The summed E-state index contributed by atoms with van der Waals surface area (Å²) in [6, 6.07) is 22.1. The Hall–Kier alpha value is -2.96. The lowest BCUT2D eigenvalue weighted by Gasteiger charge is -2.31. The van der Waals surface area contributed by atoms with E-state index in [9.17, 15) is 9.59 Å². The average molecular weight is 434 g/mol. The monoisotopic (exact) mass is 433 g/mol. The van der Waals surface area contributed by atoms with Crippen molar-refractivity contribution >= 4 is 28.8 Å². The molecule has 1 fully saturated rings. The summed E-state index contributed by atoms with van der Waals surface area (Å²) in [6.45, 7) is 1.97. The molecule has 2 heterocycles. The molecule has 0 bridgehead atoms. The SMILES string of the molecule is O=C(CN1CCC(NC(=O)c2cccs2)CC1)Nc1ccccc1Cc1ccccc1. The second-order valence-electron chi connectivity index (χ2n) is 7.87. The van der Waals surface area contributed by atoms with Gasteiger partial charge in [-0.05, 0) is 47.9 Å². The van der Waals surface area contributed by atoms with E-state index in [-0.39, 0.29) is 17.9 Å². The summed E-state index contributed by atoms with van der Waals surface area (Å²) in [5.74, 6) is 0.00259. The Balaban J connectivity index is 1.26. The van der Waals surface area contributed by atoms with Crippen LogP contribution in [-0.2, 0) is 11.2 Å². The van der Waals surface area contributed by atoms with Crippen LogP contribution in [0.5, 0.6) is 0 Å². The largest absolute Gasteiger partial charge is 0.349 e. The van der Waals surface area contributed by atoms with Gasteiger partial charge in [-0.1, -0.05) is 54.6 Å². The van der Waals surface area contributed by atoms with Crippen molar-refractivity contribution in [2.45, 2.75) is 25.3 Å². The van der Waals surface area contributed by atoms with E-state index in [0.717, 1.165) is 48.5 Å². The molecule has 4 rings (SSSR count). The topological polar surface area (TPSA) is 61.4 Å². The number of rotatable bonds is 7. The number of hydrogen-bond donors (Lipinski definition) is 2. The van der Waals surface area contributed by atoms with Gasteiger partial charge in [-0.2, -0.15) is 0 Å². The number of thiophene rings is 1. The van der Waals surface area contributed by atoms with E-state index in [4.69, 9.17) is 0 Å². The Morgan fingerprint density at radius 1 is 0.935 bits per heavy atom. The number of piperidine rings is 1. The van der Waals surface area contributed by atoms with Crippen molar-refractivity contribution in [3.05, 3.63) is 88.1 Å². The van der Waals surface area contributed by atoms with Crippen LogP contribution in [0.3, 0.4) is 0 Å². The van der Waals surface area contributed by atoms with E-state index in [1.165, 1.54) is 16.9 Å². The van der Waals surface area contributed by atoms with Gasteiger partial charge in [0.2, 0.25) is 5.91 Å². The van der Waals surface area contributed by atoms with Crippen molar-refractivity contribution in [3.8, 4) is 0 Å². The first-order valence-electron chi connectivity index (χ1n) is 10.7. The maximum absolute atomic E-state index is 12.7. The molecule has 2 amide bonds. The first-order chi connectivity index (χ1) is 15.2. The van der Waals surface area contributed by atoms with Gasteiger partial charge in [-0.15, -0.1) is 11.3 Å². The van der Waals surface area contributed by atoms with Crippen LogP contribution in [0.1, 0.15) is 33.6 Å². The van der Waals surface area contributed by atoms with Gasteiger partial charge >= 0.3 is 0 Å². The number of para-hydroxylation sites is 1. The fraction of sp³-hybridized carbons (Fsp3) is 0.280. The maximum Gasteiger partial charge on any atom is 0.261 e. The summed E-state index contributed by atoms with van der Waals surface area (Å²) in [4.78, 5) is 27.8. The molecule has 0 atom stereocenters. The molecule has 0 aliphatic carbocycles. The predicted octanol–water partition coefficient (Wildman–Crippen LogP) is 4.17. The molecule has 3 aromatic rings. The highest BCUT2D eigenvalue weighted by molar-refractivity contribution is 7.12. The van der Waals surface area contributed by atoms with Crippen LogP contribution in [0, 0.1) is 0 Å². The van der Waals surface area contributed by atoms with E-state index in [2.05, 4.69) is 33.7 Å². The predicted molar refractivity (Wildman–Crippen MR) is 126 cm³/mol. The smallest absolute Gasteiger partial charge is 0.261 e. The van der Waals surface area contributed by atoms with Crippen LogP contribution in [0.4, 0.5) is 5.69 Å². The molecular weight excluding hydrogens is 406 g/mol. The molecule has 0 radical (unpaired) electrons. The number of amides is 2. The summed E-state index contributed by atoms with van der Waals surface area (Å²) in [6.07, 6.45) is 2.50. The van der Waals surface area contributed by atoms with E-state index >= 15 is 0 Å². The number of nitrogens with one attached hydrogen (secondary N) is 2. The molecule has 1 aliphatic heterocycles. The van der Waals surface area contributed by atoms with Crippen LogP contribution in [0.25, 0.3) is 0 Å². The Morgan fingerprint density at radius 2 is 1.68 bits per heavy atom. The normalized spacial score (nSPS) is 14.8. The van der Waals surface area contributed by atoms with Crippen LogP contribution >= 0.6 is 11.3 Å². The standard InChI is InChI=1S/C25H27N3O2S/c29-24(27-22-10-5-4-9-20(22)17-19-7-2-1-3-8-19)18-28-14-12-21(13-15-28)26-25(30)23-11-6-16-31-23/h1-11,16,21H,12-15,17-18H2,(H,26,30)(H,27,29). The van der Waals surface area contributed by atoms with Crippen molar-refractivity contribution < 1.29 is 9.59 Å². The van der Waals surface area contributed by atoms with Gasteiger partial charge in [0.1, 0.15) is 0 Å². The maximum atomic E-state index is 12.7. The fourth-order valence-electron chi connectivity index (χ4n) is 3.90. The molecular formula is C25H27N3O2S. The minimum atomic E-state index is 0.00113. The van der Waals surface area contributed by atoms with Gasteiger partial charge in [0.15, 0.2) is 0 Å². The van der Waals surface area contributed by atoms with Gasteiger partial charge in [-0.3, -0.25) is 14.5 Å². The molecule has 1 saturated heterocycles. The summed E-state index contributed by atoms with van der Waals surface area (Å²) in [7, 11) is 0. The Labute approximate surface area is 187 Å². The molecule has 2 N–H and O–H groups in total. The molecule has 1 aliphatic rings. The minimum absolute atomic E-state index is 0.00113. The third-order valence-corrected chi connectivity index (χ3v) is 6.43. The summed E-state index contributed by atoms with van der Waals surface area (Å²) in [5.41, 5.74) is 3.20. The second-order valence-corrected chi connectivity index (χ2v) is 8.82. The molecule has 6 heteroatoms. The minimum Gasteiger partial charge on any atom is -0.349 e. The number of likely N-dealkylation sites (tertiary alicyclic amines) is 1. The fourth-order valence-corrected chi connectivity index (χ4v) is 4.53. The van der Waals surface area contributed by atoms with Crippen LogP contribution < -0.4 is 10.6 Å². The number of carbonyl (C=O) groups excluding carboxylic acids is 2. The van der Waals surface area contributed by atoms with Crippen molar-refractivity contribution in [1.82, 2.24) is 10.2 Å². The van der Waals surface area contributed by atoms with Crippen molar-refractivity contribution in [2.75, 3.05) is 25.0 Å². The van der Waals surface area contributed by atoms with E-state index in [1.807, 2.05) is 53.9 Å². The number of anilines is 1. The highest BCUT2D eigenvalue weighted by Gasteiger charge is 2.23. The lowest BCUT2D eigenvalue weighted by molar-refractivity contribution is -0.117. The molecule has 31 heavy (non-hydrogen) atoms. The molecule has 1 aromatic heterocycles. The van der Waals surface area contributed by atoms with E-state index in [1.54, 1.807) is 0 Å². The zero-order valence-corrected chi connectivity index (χ0v) is 18.2. The van der Waals surface area contributed by atoms with Crippen LogP contribution in [-0.4, -0.2) is 42.4 Å². The first-order valence-corrected chi connectivity index (χ1v) is 11.5. The quantitative estimate of drug-likeness (QED) is 0.588. The molecule has 0 spiro atoms. The van der Waals surface area contributed by atoms with Crippen molar-refractivity contribution in [1.29, 1.82) is 0 Å². The third kappa shape index (κ3) is 6.03. The highest BCUT2D eigenvalue weighted by Crippen LogP contribution is 2.19. The zero-order valence-electron chi connectivity index (χ0n) is 17.4. The summed E-state index contributed by atoms with van der Waals surface area (Å²) < 4.78 is 0. The number of hydrogen-bond acceptors (Lipinski definition) is 4. The Bertz CT molecular complexity index is 997. The van der Waals surface area contributed by atoms with Gasteiger partial charge < -0.3 is 10.6 Å². The molecule has 160 valence electrons. The van der Waals surface area contributed by atoms with Crippen LogP contribution in [0.15, 0.2) is 72.1 Å². The van der Waals surface area contributed by atoms with Gasteiger partial charge in [0.05, 0.1) is 11.4 Å². The van der Waals surface area contributed by atoms with Gasteiger partial charge in [0.25, 0.3) is 5.91 Å². The second kappa shape index (κ2) is 10.4. The number of benzene rings is 2. The average Bonchev–Trinajstić information content (AvgIpc) is 3.32. The number of carbonyl (C=O) groups is 2. The highest BCUT2D eigenvalue weighted by atomic mass is 32.1. The van der Waals surface area contributed by atoms with E-state index < -0.39 is 0 Å². The molecule has 0 unspecified atom stereocenters. The Kier molecular flexibility index (Phi) is 7.12. The van der Waals surface area contributed by atoms with Crippen molar-refractivity contribution in [3.63, 3.8) is 0 Å². The third-order valence-electron chi connectivity index (χ3n) is 5.56. The Morgan fingerprint density at radius 3 is 2.42 bits per heavy atom. The molecule has 5 nitrogen and oxygen atoms in total. The van der Waals surface area contributed by atoms with Gasteiger partial charge in [0, 0.05) is 24.8 Å². The zero-order chi connectivity index (χ0) is 21.5. The van der Waals surface area contributed by atoms with Gasteiger partial charge in [-0.25, -0.2) is 0 Å². The molecule has 0 saturated carbocycles. The van der Waals surface area contributed by atoms with E-state index in [0.29, 0.717) is 6.54 Å². The molecule has 2 aromatic carbocycles. The summed E-state index contributed by atoms with van der Waals surface area (Å²) in [5, 5.41) is 8.11. The lowest BCUT2D eigenvalue weighted by Crippen LogP contribution is -2.46.